The lowest BCUT2D eigenvalue weighted by Crippen LogP contribution is -2.33. The molecule has 3 aromatic carbocycles. The van der Waals surface area contributed by atoms with Crippen LogP contribution < -0.4 is 15.4 Å². The van der Waals surface area contributed by atoms with Crippen molar-refractivity contribution in [2.24, 2.45) is 0 Å². The molecule has 4 rings (SSSR count). The second kappa shape index (κ2) is 10.8. The Morgan fingerprint density at radius 3 is 2.45 bits per heavy atom. The Bertz CT molecular complexity index is 1080. The molecule has 6 nitrogen and oxygen atoms in total. The number of hydrogen-bond donors (Lipinski definition) is 2. The molecule has 170 valence electrons. The van der Waals surface area contributed by atoms with Gasteiger partial charge in [-0.05, 0) is 54.8 Å². The normalized spacial score (nSPS) is 15.7. The fourth-order valence-electron chi connectivity index (χ4n) is 4.26. The van der Waals surface area contributed by atoms with Gasteiger partial charge in [0.25, 0.3) is 5.91 Å². The summed E-state index contributed by atoms with van der Waals surface area (Å²) in [4.78, 5) is 27.9. The number of methoxy groups -OCH3 is 1. The molecule has 2 N–H and O–H groups in total. The quantitative estimate of drug-likeness (QED) is 0.541. The molecule has 0 radical (unpaired) electrons. The van der Waals surface area contributed by atoms with E-state index in [1.807, 2.05) is 48.5 Å². The van der Waals surface area contributed by atoms with Crippen molar-refractivity contribution in [3.63, 3.8) is 0 Å². The highest BCUT2D eigenvalue weighted by molar-refractivity contribution is 6.04. The minimum Gasteiger partial charge on any atom is -0.497 e. The Morgan fingerprint density at radius 1 is 0.970 bits per heavy atom. The van der Waals surface area contributed by atoms with Crippen LogP contribution in [0.3, 0.4) is 0 Å². The summed E-state index contributed by atoms with van der Waals surface area (Å²) in [6.45, 7) is 1.57. The van der Waals surface area contributed by atoms with Crippen LogP contribution in [-0.2, 0) is 11.3 Å². The standard InChI is InChI=1S/C27H29N3O3/c1-33-22-15-13-21(14-16-22)25-12-7-17-30(25)19-26(31)29-24-11-6-5-10-23(24)27(32)28-18-20-8-3-2-4-9-20/h2-6,8-11,13-16,25H,7,12,17-19H2,1H3,(H,28,32)(H,29,31)/t25-/m0/s1. The highest BCUT2D eigenvalue weighted by Crippen LogP contribution is 2.32. The molecule has 1 saturated heterocycles. The summed E-state index contributed by atoms with van der Waals surface area (Å²) >= 11 is 0. The summed E-state index contributed by atoms with van der Waals surface area (Å²) in [7, 11) is 1.65. The number of amides is 2. The first-order valence-corrected chi connectivity index (χ1v) is 11.2. The summed E-state index contributed by atoms with van der Waals surface area (Å²) in [6, 6.07) is 25.1. The molecule has 1 aliphatic heterocycles. The molecular weight excluding hydrogens is 414 g/mol. The van der Waals surface area contributed by atoms with E-state index in [0.717, 1.165) is 30.7 Å². The Morgan fingerprint density at radius 2 is 1.70 bits per heavy atom. The predicted molar refractivity (Wildman–Crippen MR) is 129 cm³/mol. The molecule has 0 aromatic heterocycles. The van der Waals surface area contributed by atoms with Crippen LogP contribution in [-0.4, -0.2) is 36.9 Å². The summed E-state index contributed by atoms with van der Waals surface area (Å²) in [5.74, 6) is 0.481. The molecule has 0 unspecified atom stereocenters. The molecule has 33 heavy (non-hydrogen) atoms. The van der Waals surface area contributed by atoms with Gasteiger partial charge < -0.3 is 15.4 Å². The Balaban J connectivity index is 1.38. The van der Waals surface area contributed by atoms with E-state index in [4.69, 9.17) is 4.74 Å². The molecule has 1 aliphatic rings. The zero-order valence-electron chi connectivity index (χ0n) is 18.8. The van der Waals surface area contributed by atoms with Gasteiger partial charge in [-0.2, -0.15) is 0 Å². The van der Waals surface area contributed by atoms with Crippen LogP contribution in [0, 0.1) is 0 Å². The van der Waals surface area contributed by atoms with E-state index >= 15 is 0 Å². The van der Waals surface area contributed by atoms with E-state index in [1.54, 1.807) is 25.3 Å². The van der Waals surface area contributed by atoms with Crippen LogP contribution in [0.15, 0.2) is 78.9 Å². The van der Waals surface area contributed by atoms with E-state index in [0.29, 0.717) is 17.8 Å². The number of anilines is 1. The van der Waals surface area contributed by atoms with Crippen LogP contribution in [0.1, 0.15) is 40.4 Å². The van der Waals surface area contributed by atoms with Crippen LogP contribution in [0.4, 0.5) is 5.69 Å². The summed E-state index contributed by atoms with van der Waals surface area (Å²) in [6.07, 6.45) is 2.06. The van der Waals surface area contributed by atoms with E-state index in [-0.39, 0.29) is 24.4 Å². The van der Waals surface area contributed by atoms with Crippen molar-refractivity contribution in [1.29, 1.82) is 0 Å². The van der Waals surface area contributed by atoms with Crippen molar-refractivity contribution >= 4 is 17.5 Å². The van der Waals surface area contributed by atoms with Crippen molar-refractivity contribution in [3.8, 4) is 5.75 Å². The minimum atomic E-state index is -0.216. The maximum absolute atomic E-state index is 12.9. The van der Waals surface area contributed by atoms with Crippen LogP contribution >= 0.6 is 0 Å². The number of ether oxygens (including phenoxy) is 1. The van der Waals surface area contributed by atoms with Gasteiger partial charge in [0.05, 0.1) is 24.9 Å². The van der Waals surface area contributed by atoms with Crippen molar-refractivity contribution in [2.75, 3.05) is 25.5 Å². The van der Waals surface area contributed by atoms with Gasteiger partial charge in [0.2, 0.25) is 5.91 Å². The average molecular weight is 444 g/mol. The first-order chi connectivity index (χ1) is 16.1. The molecule has 0 spiro atoms. The number of rotatable bonds is 8. The number of nitrogens with zero attached hydrogens (tertiary/aromatic N) is 1. The van der Waals surface area contributed by atoms with Crippen LogP contribution in [0.25, 0.3) is 0 Å². The van der Waals surface area contributed by atoms with Gasteiger partial charge in [0, 0.05) is 12.6 Å². The van der Waals surface area contributed by atoms with E-state index in [2.05, 4.69) is 27.7 Å². The Labute approximate surface area is 194 Å². The number of carbonyl (C=O) groups excluding carboxylic acids is 2. The van der Waals surface area contributed by atoms with Gasteiger partial charge in [0.1, 0.15) is 5.75 Å². The summed E-state index contributed by atoms with van der Waals surface area (Å²) < 4.78 is 5.25. The molecule has 0 aliphatic carbocycles. The summed E-state index contributed by atoms with van der Waals surface area (Å²) in [5.41, 5.74) is 3.18. The van der Waals surface area contributed by atoms with Crippen molar-refractivity contribution < 1.29 is 14.3 Å². The zero-order chi connectivity index (χ0) is 23.0. The molecule has 3 aromatic rings. The molecule has 1 atom stereocenters. The highest BCUT2D eigenvalue weighted by Gasteiger charge is 2.28. The van der Waals surface area contributed by atoms with Crippen molar-refractivity contribution in [2.45, 2.75) is 25.4 Å². The molecule has 6 heteroatoms. The van der Waals surface area contributed by atoms with Gasteiger partial charge in [-0.15, -0.1) is 0 Å². The van der Waals surface area contributed by atoms with E-state index < -0.39 is 0 Å². The Kier molecular flexibility index (Phi) is 7.37. The molecule has 0 bridgehead atoms. The zero-order valence-corrected chi connectivity index (χ0v) is 18.8. The third kappa shape index (κ3) is 5.79. The highest BCUT2D eigenvalue weighted by atomic mass is 16.5. The van der Waals surface area contributed by atoms with E-state index in [1.165, 1.54) is 5.56 Å². The number of benzene rings is 3. The van der Waals surface area contributed by atoms with Gasteiger partial charge >= 0.3 is 0 Å². The lowest BCUT2D eigenvalue weighted by atomic mass is 10.0. The predicted octanol–water partition coefficient (Wildman–Crippen LogP) is 4.40. The number of hydrogen-bond acceptors (Lipinski definition) is 4. The number of para-hydroxylation sites is 1. The molecule has 0 saturated carbocycles. The van der Waals surface area contributed by atoms with E-state index in [9.17, 15) is 9.59 Å². The third-order valence-corrected chi connectivity index (χ3v) is 5.95. The first kappa shape index (κ1) is 22.6. The van der Waals surface area contributed by atoms with Crippen molar-refractivity contribution in [3.05, 3.63) is 95.6 Å². The molecule has 1 fully saturated rings. The number of likely N-dealkylation sites (tertiary alicyclic amines) is 1. The van der Waals surface area contributed by atoms with Crippen LogP contribution in [0.5, 0.6) is 5.75 Å². The Hall–Kier alpha value is -3.64. The first-order valence-electron chi connectivity index (χ1n) is 11.2. The van der Waals surface area contributed by atoms with Gasteiger partial charge in [-0.3, -0.25) is 14.5 Å². The fourth-order valence-corrected chi connectivity index (χ4v) is 4.26. The lowest BCUT2D eigenvalue weighted by Gasteiger charge is -2.24. The van der Waals surface area contributed by atoms with Crippen LogP contribution in [0.2, 0.25) is 0 Å². The summed E-state index contributed by atoms with van der Waals surface area (Å²) in [5, 5.41) is 5.87. The van der Waals surface area contributed by atoms with Gasteiger partial charge in [-0.1, -0.05) is 54.6 Å². The van der Waals surface area contributed by atoms with Crippen molar-refractivity contribution in [1.82, 2.24) is 10.2 Å². The maximum atomic E-state index is 12.9. The molecule has 2 amide bonds. The number of nitrogens with one attached hydrogen (secondary N) is 2. The average Bonchev–Trinajstić information content (AvgIpc) is 3.31. The maximum Gasteiger partial charge on any atom is 0.253 e. The SMILES string of the molecule is COc1ccc([C@@H]2CCCN2CC(=O)Nc2ccccc2C(=O)NCc2ccccc2)cc1. The smallest absolute Gasteiger partial charge is 0.253 e. The molecular formula is C27H29N3O3. The lowest BCUT2D eigenvalue weighted by molar-refractivity contribution is -0.117. The second-order valence-electron chi connectivity index (χ2n) is 8.16. The fraction of sp³-hybridized carbons (Fsp3) is 0.259. The topological polar surface area (TPSA) is 70.7 Å². The second-order valence-corrected chi connectivity index (χ2v) is 8.16. The monoisotopic (exact) mass is 443 g/mol. The van der Waals surface area contributed by atoms with Gasteiger partial charge in [0.15, 0.2) is 0 Å². The minimum absolute atomic E-state index is 0.126. The van der Waals surface area contributed by atoms with Gasteiger partial charge in [-0.25, -0.2) is 0 Å². The molecule has 1 heterocycles. The third-order valence-electron chi connectivity index (χ3n) is 5.95. The number of carbonyl (C=O) groups is 2. The largest absolute Gasteiger partial charge is 0.497 e.